The van der Waals surface area contributed by atoms with Gasteiger partial charge in [-0.25, -0.2) is 4.79 Å². The summed E-state index contributed by atoms with van der Waals surface area (Å²) in [6, 6.07) is 0. The second-order valence-corrected chi connectivity index (χ2v) is 6.84. The van der Waals surface area contributed by atoms with Crippen LogP contribution in [0.2, 0.25) is 0 Å². The van der Waals surface area contributed by atoms with Crippen LogP contribution in [0.15, 0.2) is 0 Å². The topological polar surface area (TPSA) is 64.8 Å². The van der Waals surface area contributed by atoms with Gasteiger partial charge in [-0.2, -0.15) is 0 Å². The molecule has 1 aliphatic rings. The molecule has 5 nitrogen and oxygen atoms in total. The first-order valence-electron chi connectivity index (χ1n) is 8.18. The number of carbonyl (C=O) groups is 1. The molecule has 21 heavy (non-hydrogen) atoms. The van der Waals surface area contributed by atoms with E-state index in [4.69, 9.17) is 15.2 Å². The van der Waals surface area contributed by atoms with Gasteiger partial charge < -0.3 is 20.1 Å². The zero-order chi connectivity index (χ0) is 15.7. The van der Waals surface area contributed by atoms with E-state index in [1.54, 1.807) is 0 Å². The van der Waals surface area contributed by atoms with Crippen LogP contribution in [0.5, 0.6) is 0 Å². The van der Waals surface area contributed by atoms with E-state index >= 15 is 0 Å². The standard InChI is InChI=1S/C16H32N2O3/c1-16(2,3)21-15(19)18-10-7-14(8-11-18)13-20-12-6-4-5-9-17/h14H,4-13,17H2,1-3H3. The maximum Gasteiger partial charge on any atom is 0.410 e. The summed E-state index contributed by atoms with van der Waals surface area (Å²) < 4.78 is 11.1. The molecular formula is C16H32N2O3. The van der Waals surface area contributed by atoms with Crippen molar-refractivity contribution in [2.75, 3.05) is 32.8 Å². The Morgan fingerprint density at radius 3 is 2.43 bits per heavy atom. The van der Waals surface area contributed by atoms with Crippen LogP contribution >= 0.6 is 0 Å². The Bertz CT molecular complexity index is 294. The van der Waals surface area contributed by atoms with Crippen LogP contribution in [0.25, 0.3) is 0 Å². The maximum atomic E-state index is 11.9. The summed E-state index contributed by atoms with van der Waals surface area (Å²) in [4.78, 5) is 13.8. The molecule has 0 unspecified atom stereocenters. The second kappa shape index (κ2) is 9.26. The molecule has 0 atom stereocenters. The highest BCUT2D eigenvalue weighted by atomic mass is 16.6. The summed E-state index contributed by atoms with van der Waals surface area (Å²) in [7, 11) is 0. The zero-order valence-corrected chi connectivity index (χ0v) is 13.9. The van der Waals surface area contributed by atoms with Gasteiger partial charge in [-0.1, -0.05) is 0 Å². The van der Waals surface area contributed by atoms with Crippen molar-refractivity contribution in [1.82, 2.24) is 4.90 Å². The van der Waals surface area contributed by atoms with Crippen molar-refractivity contribution >= 4 is 6.09 Å². The van der Waals surface area contributed by atoms with Gasteiger partial charge in [0.15, 0.2) is 0 Å². The lowest BCUT2D eigenvalue weighted by atomic mass is 9.98. The third-order valence-corrected chi connectivity index (χ3v) is 3.61. The molecule has 5 heteroatoms. The summed E-state index contributed by atoms with van der Waals surface area (Å²) in [5.41, 5.74) is 5.04. The van der Waals surface area contributed by atoms with Crippen LogP contribution in [-0.4, -0.2) is 49.4 Å². The number of piperidine rings is 1. The number of nitrogens with two attached hydrogens (primary N) is 1. The largest absolute Gasteiger partial charge is 0.444 e. The average Bonchev–Trinajstić information content (AvgIpc) is 2.41. The number of hydrogen-bond donors (Lipinski definition) is 1. The molecule has 0 aromatic carbocycles. The number of amides is 1. The van der Waals surface area contributed by atoms with Crippen LogP contribution in [0, 0.1) is 5.92 Å². The van der Waals surface area contributed by atoms with E-state index in [1.807, 2.05) is 25.7 Å². The fraction of sp³-hybridized carbons (Fsp3) is 0.938. The highest BCUT2D eigenvalue weighted by Gasteiger charge is 2.26. The van der Waals surface area contributed by atoms with Crippen molar-refractivity contribution < 1.29 is 14.3 Å². The van der Waals surface area contributed by atoms with Gasteiger partial charge in [-0.05, 0) is 65.3 Å². The lowest BCUT2D eigenvalue weighted by molar-refractivity contribution is 0.0115. The highest BCUT2D eigenvalue weighted by molar-refractivity contribution is 5.68. The van der Waals surface area contributed by atoms with E-state index in [-0.39, 0.29) is 6.09 Å². The van der Waals surface area contributed by atoms with Crippen LogP contribution < -0.4 is 5.73 Å². The van der Waals surface area contributed by atoms with E-state index in [0.29, 0.717) is 5.92 Å². The summed E-state index contributed by atoms with van der Waals surface area (Å²) in [6.45, 7) is 9.65. The van der Waals surface area contributed by atoms with Crippen molar-refractivity contribution in [2.24, 2.45) is 11.7 Å². The summed E-state index contributed by atoms with van der Waals surface area (Å²) in [6.07, 6.45) is 5.13. The van der Waals surface area contributed by atoms with Gasteiger partial charge >= 0.3 is 6.09 Å². The van der Waals surface area contributed by atoms with E-state index in [0.717, 1.165) is 65.0 Å². The molecule has 1 amide bonds. The van der Waals surface area contributed by atoms with E-state index in [9.17, 15) is 4.79 Å². The number of nitrogens with zero attached hydrogens (tertiary/aromatic N) is 1. The first kappa shape index (κ1) is 18.2. The Morgan fingerprint density at radius 2 is 1.86 bits per heavy atom. The molecule has 1 aliphatic heterocycles. The SMILES string of the molecule is CC(C)(C)OC(=O)N1CCC(COCCCCCN)CC1. The van der Waals surface area contributed by atoms with Crippen molar-refractivity contribution in [3.8, 4) is 0 Å². The molecule has 0 aliphatic carbocycles. The highest BCUT2D eigenvalue weighted by Crippen LogP contribution is 2.20. The smallest absolute Gasteiger partial charge is 0.410 e. The lowest BCUT2D eigenvalue weighted by Crippen LogP contribution is -2.42. The lowest BCUT2D eigenvalue weighted by Gasteiger charge is -2.33. The maximum absolute atomic E-state index is 11.9. The molecular weight excluding hydrogens is 268 g/mol. The zero-order valence-electron chi connectivity index (χ0n) is 13.9. The van der Waals surface area contributed by atoms with Crippen LogP contribution in [-0.2, 0) is 9.47 Å². The van der Waals surface area contributed by atoms with Crippen LogP contribution in [0.4, 0.5) is 4.79 Å². The van der Waals surface area contributed by atoms with Crippen molar-refractivity contribution in [1.29, 1.82) is 0 Å². The number of unbranched alkanes of at least 4 members (excludes halogenated alkanes) is 2. The Hall–Kier alpha value is -0.810. The fourth-order valence-corrected chi connectivity index (χ4v) is 2.38. The number of likely N-dealkylation sites (tertiary alicyclic amines) is 1. The van der Waals surface area contributed by atoms with Crippen LogP contribution in [0.1, 0.15) is 52.9 Å². The first-order chi connectivity index (χ1) is 9.92. The molecule has 124 valence electrons. The third-order valence-electron chi connectivity index (χ3n) is 3.61. The molecule has 0 saturated carbocycles. The van der Waals surface area contributed by atoms with Crippen molar-refractivity contribution in [2.45, 2.75) is 58.5 Å². The average molecular weight is 300 g/mol. The van der Waals surface area contributed by atoms with E-state index < -0.39 is 5.60 Å². The molecule has 1 fully saturated rings. The molecule has 1 rings (SSSR count). The van der Waals surface area contributed by atoms with Gasteiger partial charge in [0.2, 0.25) is 0 Å². The van der Waals surface area contributed by atoms with Crippen molar-refractivity contribution in [3.05, 3.63) is 0 Å². The number of rotatable bonds is 7. The van der Waals surface area contributed by atoms with Gasteiger partial charge in [0.25, 0.3) is 0 Å². The minimum absolute atomic E-state index is 0.191. The Labute approximate surface area is 129 Å². The molecule has 0 bridgehead atoms. The number of ether oxygens (including phenoxy) is 2. The predicted molar refractivity (Wildman–Crippen MR) is 84.3 cm³/mol. The van der Waals surface area contributed by atoms with E-state index in [1.165, 1.54) is 0 Å². The quantitative estimate of drug-likeness (QED) is 0.734. The molecule has 2 N–H and O–H groups in total. The Morgan fingerprint density at radius 1 is 1.19 bits per heavy atom. The Balaban J connectivity index is 2.10. The minimum Gasteiger partial charge on any atom is -0.444 e. The second-order valence-electron chi connectivity index (χ2n) is 6.84. The molecule has 1 heterocycles. The molecule has 0 aromatic rings. The van der Waals surface area contributed by atoms with Gasteiger partial charge in [0, 0.05) is 26.3 Å². The summed E-state index contributed by atoms with van der Waals surface area (Å²) >= 11 is 0. The molecule has 0 spiro atoms. The number of carbonyl (C=O) groups excluding carboxylic acids is 1. The van der Waals surface area contributed by atoms with Crippen molar-refractivity contribution in [3.63, 3.8) is 0 Å². The molecule has 0 aromatic heterocycles. The monoisotopic (exact) mass is 300 g/mol. The minimum atomic E-state index is -0.416. The fourth-order valence-electron chi connectivity index (χ4n) is 2.38. The van der Waals surface area contributed by atoms with Crippen LogP contribution in [0.3, 0.4) is 0 Å². The first-order valence-corrected chi connectivity index (χ1v) is 8.18. The normalized spacial score (nSPS) is 17.0. The predicted octanol–water partition coefficient (Wildman–Crippen LogP) is 2.78. The number of hydrogen-bond acceptors (Lipinski definition) is 4. The van der Waals surface area contributed by atoms with Gasteiger partial charge in [-0.3, -0.25) is 0 Å². The third kappa shape index (κ3) is 8.27. The Kier molecular flexibility index (Phi) is 8.04. The summed E-state index contributed by atoms with van der Waals surface area (Å²) in [5, 5.41) is 0. The van der Waals surface area contributed by atoms with Gasteiger partial charge in [0.05, 0.1) is 0 Å². The molecule has 1 saturated heterocycles. The molecule has 0 radical (unpaired) electrons. The van der Waals surface area contributed by atoms with E-state index in [2.05, 4.69) is 0 Å². The van der Waals surface area contributed by atoms with Gasteiger partial charge in [-0.15, -0.1) is 0 Å². The van der Waals surface area contributed by atoms with Gasteiger partial charge in [0.1, 0.15) is 5.60 Å². The summed E-state index contributed by atoms with van der Waals surface area (Å²) in [5.74, 6) is 0.568.